The van der Waals surface area contributed by atoms with Gasteiger partial charge in [0, 0.05) is 18.8 Å². The first-order valence-electron chi connectivity index (χ1n) is 5.65. The van der Waals surface area contributed by atoms with Crippen molar-refractivity contribution in [2.75, 3.05) is 13.1 Å². The first-order chi connectivity index (χ1) is 8.31. The first kappa shape index (κ1) is 13.0. The van der Waals surface area contributed by atoms with Crippen LogP contribution in [0.1, 0.15) is 25.7 Å². The minimum absolute atomic E-state index is 0.451. The van der Waals surface area contributed by atoms with E-state index in [0.29, 0.717) is 25.9 Å². The summed E-state index contributed by atoms with van der Waals surface area (Å²) in [7, 11) is 0. The van der Waals surface area contributed by atoms with Crippen molar-refractivity contribution in [3.63, 3.8) is 0 Å². The number of carbonyl (C=O) groups excluding carboxylic acids is 1. The maximum atomic E-state index is 10.6. The minimum atomic E-state index is 0.451. The smallest absolute Gasteiger partial charge is 0.146 e. The molecule has 0 atom stereocenters. The molecular formula is C13H15N3O. The van der Waals surface area contributed by atoms with E-state index < -0.39 is 0 Å². The molecule has 0 amide bonds. The van der Waals surface area contributed by atoms with E-state index in [9.17, 15) is 4.79 Å². The topological polar surface area (TPSA) is 67.9 Å². The Morgan fingerprint density at radius 3 is 2.24 bits per heavy atom. The lowest BCUT2D eigenvalue weighted by atomic mass is 10.0. The Balaban J connectivity index is 2.67. The van der Waals surface area contributed by atoms with Gasteiger partial charge in [0.05, 0.1) is 25.0 Å². The lowest BCUT2D eigenvalue weighted by molar-refractivity contribution is -0.105. The molecule has 0 N–H and O–H groups in total. The molecule has 17 heavy (non-hydrogen) atoms. The molecule has 0 aromatic heterocycles. The number of hydrogen-bond donors (Lipinski definition) is 0. The van der Waals surface area contributed by atoms with Crippen molar-refractivity contribution in [3.05, 3.63) is 23.4 Å². The van der Waals surface area contributed by atoms with Gasteiger partial charge in [0.25, 0.3) is 0 Å². The highest BCUT2D eigenvalue weighted by Gasteiger charge is 2.12. The highest BCUT2D eigenvalue weighted by Crippen LogP contribution is 2.20. The number of nitriles is 2. The molecule has 1 aliphatic rings. The Bertz CT molecular complexity index is 391. The second-order valence-electron chi connectivity index (χ2n) is 3.82. The van der Waals surface area contributed by atoms with Gasteiger partial charge < -0.3 is 4.90 Å². The molecule has 4 nitrogen and oxygen atoms in total. The molecule has 0 saturated carbocycles. The second-order valence-corrected chi connectivity index (χ2v) is 3.82. The van der Waals surface area contributed by atoms with E-state index in [4.69, 9.17) is 10.5 Å². The van der Waals surface area contributed by atoms with Crippen molar-refractivity contribution >= 4 is 6.29 Å². The molecule has 0 spiro atoms. The van der Waals surface area contributed by atoms with Crippen LogP contribution in [0.4, 0.5) is 0 Å². The van der Waals surface area contributed by atoms with Gasteiger partial charge in [-0.1, -0.05) is 6.08 Å². The standard InChI is InChI=1S/C13H15N3O/c14-7-1-9-16(10-2-8-15)13-5-3-12(11-17)4-6-13/h3,5,11H,1-2,4,6,9-10H2. The number of allylic oxidation sites excluding steroid dienone is 4. The molecule has 0 unspecified atom stereocenters. The average molecular weight is 229 g/mol. The minimum Gasteiger partial charge on any atom is -0.373 e. The molecule has 0 aromatic rings. The number of nitrogens with zero attached hydrogens (tertiary/aromatic N) is 3. The van der Waals surface area contributed by atoms with Gasteiger partial charge in [-0.2, -0.15) is 10.5 Å². The molecule has 0 bridgehead atoms. The molecule has 1 rings (SSSR count). The zero-order valence-electron chi connectivity index (χ0n) is 9.72. The second kappa shape index (κ2) is 7.24. The molecule has 0 radical (unpaired) electrons. The Morgan fingerprint density at radius 2 is 1.82 bits per heavy atom. The molecule has 4 heteroatoms. The zero-order valence-corrected chi connectivity index (χ0v) is 9.72. The summed E-state index contributed by atoms with van der Waals surface area (Å²) in [6, 6.07) is 4.22. The Morgan fingerprint density at radius 1 is 1.18 bits per heavy atom. The summed E-state index contributed by atoms with van der Waals surface area (Å²) in [5.74, 6) is 0. The molecule has 0 saturated heterocycles. The quantitative estimate of drug-likeness (QED) is 0.652. The van der Waals surface area contributed by atoms with Crippen molar-refractivity contribution in [1.82, 2.24) is 4.90 Å². The number of rotatable bonds is 6. The van der Waals surface area contributed by atoms with Gasteiger partial charge in [0.1, 0.15) is 6.29 Å². The van der Waals surface area contributed by atoms with Gasteiger partial charge in [-0.05, 0) is 24.5 Å². The van der Waals surface area contributed by atoms with E-state index in [1.165, 1.54) is 0 Å². The van der Waals surface area contributed by atoms with Crippen molar-refractivity contribution in [2.24, 2.45) is 0 Å². The van der Waals surface area contributed by atoms with Gasteiger partial charge in [0.15, 0.2) is 0 Å². The van der Waals surface area contributed by atoms with Crippen LogP contribution in [0.15, 0.2) is 23.4 Å². The number of aldehydes is 1. The number of hydrogen-bond acceptors (Lipinski definition) is 4. The van der Waals surface area contributed by atoms with Crippen LogP contribution in [0.5, 0.6) is 0 Å². The summed E-state index contributed by atoms with van der Waals surface area (Å²) in [6.07, 6.45) is 7.06. The lowest BCUT2D eigenvalue weighted by Crippen LogP contribution is -2.26. The third kappa shape index (κ3) is 4.12. The van der Waals surface area contributed by atoms with Crippen LogP contribution in [0.2, 0.25) is 0 Å². The Labute approximate surface area is 101 Å². The summed E-state index contributed by atoms with van der Waals surface area (Å²) in [5.41, 5.74) is 1.91. The van der Waals surface area contributed by atoms with Crippen LogP contribution in [-0.4, -0.2) is 24.3 Å². The van der Waals surface area contributed by atoms with E-state index in [1.54, 1.807) is 0 Å². The molecule has 1 aliphatic carbocycles. The fourth-order valence-corrected chi connectivity index (χ4v) is 1.77. The zero-order chi connectivity index (χ0) is 12.5. The SMILES string of the molecule is N#CCCN(CCC#N)C1=CC=C(C=O)CC1. The monoisotopic (exact) mass is 229 g/mol. The fourth-order valence-electron chi connectivity index (χ4n) is 1.77. The number of carbonyl (C=O) groups is 1. The van der Waals surface area contributed by atoms with E-state index in [0.717, 1.165) is 30.4 Å². The van der Waals surface area contributed by atoms with Crippen LogP contribution in [-0.2, 0) is 4.79 Å². The molecule has 88 valence electrons. The summed E-state index contributed by atoms with van der Waals surface area (Å²) >= 11 is 0. The Kier molecular flexibility index (Phi) is 5.54. The van der Waals surface area contributed by atoms with Crippen molar-refractivity contribution < 1.29 is 4.79 Å². The highest BCUT2D eigenvalue weighted by molar-refractivity contribution is 5.74. The van der Waals surface area contributed by atoms with E-state index in [-0.39, 0.29) is 0 Å². The Hall–Kier alpha value is -2.07. The van der Waals surface area contributed by atoms with Gasteiger partial charge in [-0.3, -0.25) is 4.79 Å². The van der Waals surface area contributed by atoms with Crippen LogP contribution >= 0.6 is 0 Å². The van der Waals surface area contributed by atoms with Crippen molar-refractivity contribution in [2.45, 2.75) is 25.7 Å². The van der Waals surface area contributed by atoms with Gasteiger partial charge in [-0.15, -0.1) is 0 Å². The van der Waals surface area contributed by atoms with Crippen molar-refractivity contribution in [3.8, 4) is 12.1 Å². The van der Waals surface area contributed by atoms with Gasteiger partial charge in [0.2, 0.25) is 0 Å². The molecule has 0 aromatic carbocycles. The predicted molar refractivity (Wildman–Crippen MR) is 63.5 cm³/mol. The van der Waals surface area contributed by atoms with Gasteiger partial charge >= 0.3 is 0 Å². The van der Waals surface area contributed by atoms with E-state index in [2.05, 4.69) is 17.0 Å². The van der Waals surface area contributed by atoms with Crippen LogP contribution in [0.3, 0.4) is 0 Å². The molecule has 0 aliphatic heterocycles. The summed E-state index contributed by atoms with van der Waals surface area (Å²) in [6.45, 7) is 1.29. The van der Waals surface area contributed by atoms with Gasteiger partial charge in [-0.25, -0.2) is 0 Å². The fraction of sp³-hybridized carbons (Fsp3) is 0.462. The highest BCUT2D eigenvalue weighted by atomic mass is 16.1. The molecular weight excluding hydrogens is 214 g/mol. The lowest BCUT2D eigenvalue weighted by Gasteiger charge is -2.27. The van der Waals surface area contributed by atoms with Crippen molar-refractivity contribution in [1.29, 1.82) is 10.5 Å². The summed E-state index contributed by atoms with van der Waals surface area (Å²) in [5, 5.41) is 17.2. The van der Waals surface area contributed by atoms with Crippen LogP contribution < -0.4 is 0 Å². The third-order valence-corrected chi connectivity index (χ3v) is 2.70. The first-order valence-corrected chi connectivity index (χ1v) is 5.65. The maximum Gasteiger partial charge on any atom is 0.146 e. The summed E-state index contributed by atoms with van der Waals surface area (Å²) < 4.78 is 0. The summed E-state index contributed by atoms with van der Waals surface area (Å²) in [4.78, 5) is 12.6. The molecule has 0 heterocycles. The van der Waals surface area contributed by atoms with E-state index in [1.807, 2.05) is 12.2 Å². The normalized spacial score (nSPS) is 14.0. The van der Waals surface area contributed by atoms with Crippen LogP contribution in [0, 0.1) is 22.7 Å². The largest absolute Gasteiger partial charge is 0.373 e. The van der Waals surface area contributed by atoms with E-state index >= 15 is 0 Å². The predicted octanol–water partition coefficient (Wildman–Crippen LogP) is 1.92. The average Bonchev–Trinajstić information content (AvgIpc) is 2.39. The maximum absolute atomic E-state index is 10.6. The molecule has 0 fully saturated rings. The van der Waals surface area contributed by atoms with Crippen LogP contribution in [0.25, 0.3) is 0 Å². The third-order valence-electron chi connectivity index (χ3n) is 2.70.